The van der Waals surface area contributed by atoms with Crippen LogP contribution in [0.15, 0.2) is 18.3 Å². The second kappa shape index (κ2) is 6.20. The number of nitrogens with zero attached hydrogens (tertiary/aromatic N) is 1. The van der Waals surface area contributed by atoms with Crippen molar-refractivity contribution in [2.75, 3.05) is 12.4 Å². The van der Waals surface area contributed by atoms with E-state index in [9.17, 15) is 4.79 Å². The summed E-state index contributed by atoms with van der Waals surface area (Å²) in [6, 6.07) is 2.92. The molecule has 0 aromatic carbocycles. The van der Waals surface area contributed by atoms with Crippen LogP contribution >= 0.6 is 0 Å². The molecule has 5 nitrogen and oxygen atoms in total. The zero-order valence-electron chi connectivity index (χ0n) is 10.4. The highest BCUT2D eigenvalue weighted by atomic mass is 16.5. The van der Waals surface area contributed by atoms with Crippen molar-refractivity contribution in [2.24, 2.45) is 11.7 Å². The maximum atomic E-state index is 11.8. The Morgan fingerprint density at radius 3 is 2.76 bits per heavy atom. The Bertz CT molecular complexity index is 365. The number of aromatic nitrogens is 1. The molecule has 0 radical (unpaired) electrons. The van der Waals surface area contributed by atoms with Crippen molar-refractivity contribution in [2.45, 2.75) is 26.3 Å². The molecule has 5 heteroatoms. The van der Waals surface area contributed by atoms with Crippen molar-refractivity contribution in [3.8, 4) is 5.88 Å². The first-order valence-electron chi connectivity index (χ1n) is 5.65. The summed E-state index contributed by atoms with van der Waals surface area (Å²) in [6.07, 6.45) is 2.41. The number of hydrogen-bond acceptors (Lipinski definition) is 4. The van der Waals surface area contributed by atoms with Crippen LogP contribution in [0.1, 0.15) is 20.3 Å². The van der Waals surface area contributed by atoms with Crippen molar-refractivity contribution in [1.82, 2.24) is 4.98 Å². The third-order valence-electron chi connectivity index (χ3n) is 2.77. The molecular weight excluding hydrogens is 218 g/mol. The molecule has 0 aliphatic rings. The van der Waals surface area contributed by atoms with Crippen LogP contribution in [-0.2, 0) is 4.79 Å². The number of rotatable bonds is 5. The van der Waals surface area contributed by atoms with Crippen LogP contribution in [0.2, 0.25) is 0 Å². The van der Waals surface area contributed by atoms with Gasteiger partial charge in [0.1, 0.15) is 0 Å². The molecule has 1 rings (SSSR count). The molecule has 0 aliphatic carbocycles. The summed E-state index contributed by atoms with van der Waals surface area (Å²) in [5, 5.41) is 2.73. The molecule has 2 atom stereocenters. The predicted octanol–water partition coefficient (Wildman–Crippen LogP) is 1.40. The summed E-state index contributed by atoms with van der Waals surface area (Å²) in [5.41, 5.74) is 6.44. The quantitative estimate of drug-likeness (QED) is 0.811. The first-order valence-corrected chi connectivity index (χ1v) is 5.65. The average Bonchev–Trinajstić information content (AvgIpc) is 2.37. The van der Waals surface area contributed by atoms with Crippen LogP contribution in [0.25, 0.3) is 0 Å². The number of anilines is 1. The number of ether oxygens (including phenoxy) is 1. The van der Waals surface area contributed by atoms with Gasteiger partial charge in [0, 0.05) is 6.07 Å². The van der Waals surface area contributed by atoms with Gasteiger partial charge in [-0.3, -0.25) is 4.79 Å². The Hall–Kier alpha value is -1.62. The second-order valence-electron chi connectivity index (χ2n) is 3.99. The number of nitrogens with one attached hydrogen (secondary N) is 1. The minimum absolute atomic E-state index is 0.154. The minimum Gasteiger partial charge on any atom is -0.481 e. The van der Waals surface area contributed by atoms with Crippen molar-refractivity contribution >= 4 is 11.6 Å². The van der Waals surface area contributed by atoms with Gasteiger partial charge in [-0.1, -0.05) is 20.3 Å². The summed E-state index contributed by atoms with van der Waals surface area (Å²) in [5.74, 6) is 0.474. The average molecular weight is 237 g/mol. The van der Waals surface area contributed by atoms with E-state index in [0.29, 0.717) is 11.6 Å². The van der Waals surface area contributed by atoms with Gasteiger partial charge in [-0.15, -0.1) is 0 Å². The molecule has 1 unspecified atom stereocenters. The lowest BCUT2D eigenvalue weighted by Crippen LogP contribution is -2.40. The van der Waals surface area contributed by atoms with Crippen molar-refractivity contribution < 1.29 is 9.53 Å². The summed E-state index contributed by atoms with van der Waals surface area (Å²) in [7, 11) is 1.54. The van der Waals surface area contributed by atoms with E-state index < -0.39 is 6.04 Å². The Kier molecular flexibility index (Phi) is 4.90. The van der Waals surface area contributed by atoms with E-state index in [-0.39, 0.29) is 11.8 Å². The van der Waals surface area contributed by atoms with Crippen LogP contribution in [0.5, 0.6) is 5.88 Å². The SMILES string of the molecule is CCC(C)[C@H](N)C(=O)Nc1ccc(OC)nc1. The molecule has 0 spiro atoms. The van der Waals surface area contributed by atoms with Gasteiger partial charge in [0.2, 0.25) is 11.8 Å². The van der Waals surface area contributed by atoms with Crippen LogP contribution < -0.4 is 15.8 Å². The van der Waals surface area contributed by atoms with E-state index in [1.54, 1.807) is 25.4 Å². The third kappa shape index (κ3) is 3.71. The fraction of sp³-hybridized carbons (Fsp3) is 0.500. The fourth-order valence-electron chi connectivity index (χ4n) is 1.31. The smallest absolute Gasteiger partial charge is 0.241 e. The number of nitrogens with two attached hydrogens (primary N) is 1. The van der Waals surface area contributed by atoms with E-state index in [1.807, 2.05) is 13.8 Å². The lowest BCUT2D eigenvalue weighted by atomic mass is 9.99. The number of carbonyl (C=O) groups is 1. The van der Waals surface area contributed by atoms with E-state index in [0.717, 1.165) is 6.42 Å². The highest BCUT2D eigenvalue weighted by molar-refractivity contribution is 5.94. The molecule has 1 aromatic heterocycles. The highest BCUT2D eigenvalue weighted by Crippen LogP contribution is 2.12. The third-order valence-corrected chi connectivity index (χ3v) is 2.77. The summed E-state index contributed by atoms with van der Waals surface area (Å²) >= 11 is 0. The predicted molar refractivity (Wildman–Crippen MR) is 66.8 cm³/mol. The van der Waals surface area contributed by atoms with Crippen LogP contribution in [0.4, 0.5) is 5.69 Å². The topological polar surface area (TPSA) is 77.2 Å². The number of hydrogen-bond donors (Lipinski definition) is 2. The molecule has 94 valence electrons. The molecule has 3 N–H and O–H groups in total. The minimum atomic E-state index is -0.498. The van der Waals surface area contributed by atoms with Gasteiger partial charge < -0.3 is 15.8 Å². The van der Waals surface area contributed by atoms with Crippen molar-refractivity contribution in [3.05, 3.63) is 18.3 Å². The standard InChI is InChI=1S/C12H19N3O2/c1-4-8(2)11(13)12(16)15-9-5-6-10(17-3)14-7-9/h5-8,11H,4,13H2,1-3H3,(H,15,16)/t8?,11-/m0/s1. The number of pyridine rings is 1. The Morgan fingerprint density at radius 2 is 2.29 bits per heavy atom. The van der Waals surface area contributed by atoms with Crippen molar-refractivity contribution in [1.29, 1.82) is 0 Å². The molecule has 0 aliphatic heterocycles. The van der Waals surface area contributed by atoms with Crippen LogP contribution in [0.3, 0.4) is 0 Å². The van der Waals surface area contributed by atoms with Gasteiger partial charge in [0.15, 0.2) is 0 Å². The zero-order valence-corrected chi connectivity index (χ0v) is 10.4. The molecule has 1 heterocycles. The molecule has 1 aromatic rings. The molecule has 0 saturated carbocycles. The normalized spacial score (nSPS) is 13.9. The maximum Gasteiger partial charge on any atom is 0.241 e. The van der Waals surface area contributed by atoms with Gasteiger partial charge in [0.05, 0.1) is 25.0 Å². The number of methoxy groups -OCH3 is 1. The Balaban J connectivity index is 2.61. The van der Waals surface area contributed by atoms with Gasteiger partial charge in [-0.05, 0) is 12.0 Å². The van der Waals surface area contributed by atoms with Gasteiger partial charge in [-0.2, -0.15) is 0 Å². The number of carbonyl (C=O) groups excluding carboxylic acids is 1. The molecule has 0 bridgehead atoms. The molecule has 0 fully saturated rings. The van der Waals surface area contributed by atoms with E-state index in [2.05, 4.69) is 10.3 Å². The monoisotopic (exact) mass is 237 g/mol. The summed E-state index contributed by atoms with van der Waals surface area (Å²) in [4.78, 5) is 15.8. The van der Waals surface area contributed by atoms with E-state index in [1.165, 1.54) is 0 Å². The molecular formula is C12H19N3O2. The van der Waals surface area contributed by atoms with Gasteiger partial charge in [0.25, 0.3) is 0 Å². The van der Waals surface area contributed by atoms with Crippen LogP contribution in [0, 0.1) is 5.92 Å². The lowest BCUT2D eigenvalue weighted by Gasteiger charge is -2.17. The number of amides is 1. The van der Waals surface area contributed by atoms with E-state index in [4.69, 9.17) is 10.5 Å². The molecule has 17 heavy (non-hydrogen) atoms. The van der Waals surface area contributed by atoms with Crippen molar-refractivity contribution in [3.63, 3.8) is 0 Å². The fourth-order valence-corrected chi connectivity index (χ4v) is 1.31. The molecule has 1 amide bonds. The van der Waals surface area contributed by atoms with Gasteiger partial charge in [-0.25, -0.2) is 4.98 Å². The van der Waals surface area contributed by atoms with E-state index >= 15 is 0 Å². The first-order chi connectivity index (χ1) is 8.08. The first kappa shape index (κ1) is 13.4. The van der Waals surface area contributed by atoms with Gasteiger partial charge >= 0.3 is 0 Å². The Morgan fingerprint density at radius 1 is 1.59 bits per heavy atom. The summed E-state index contributed by atoms with van der Waals surface area (Å²) in [6.45, 7) is 3.96. The highest BCUT2D eigenvalue weighted by Gasteiger charge is 2.19. The largest absolute Gasteiger partial charge is 0.481 e. The molecule has 0 saturated heterocycles. The Labute approximate surface area is 101 Å². The second-order valence-corrected chi connectivity index (χ2v) is 3.99. The summed E-state index contributed by atoms with van der Waals surface area (Å²) < 4.78 is 4.93. The maximum absolute atomic E-state index is 11.8. The van der Waals surface area contributed by atoms with Crippen LogP contribution in [-0.4, -0.2) is 24.0 Å². The lowest BCUT2D eigenvalue weighted by molar-refractivity contribution is -0.118. The zero-order chi connectivity index (χ0) is 12.8.